The molecule has 1 rings (SSSR count). The molecule has 0 unspecified atom stereocenters. The topological polar surface area (TPSA) is 9.23 Å². The van der Waals surface area contributed by atoms with E-state index in [1.807, 2.05) is 0 Å². The summed E-state index contributed by atoms with van der Waals surface area (Å²) in [5.41, 5.74) is 0. The molecule has 20 valence electrons. The van der Waals surface area contributed by atoms with Crippen LogP contribution in [0.25, 0.3) is 0 Å². The Balaban J connectivity index is 2.00. The largest absolute Gasteiger partial charge is 0.426 e. The summed E-state index contributed by atoms with van der Waals surface area (Å²) in [7, 11) is 1.98. The second kappa shape index (κ2) is 1.01. The molecule has 0 aromatic carbocycles. The molecule has 0 amide bonds. The van der Waals surface area contributed by atoms with Gasteiger partial charge in [-0.3, -0.25) is 0 Å². The van der Waals surface area contributed by atoms with E-state index in [9.17, 15) is 0 Å². The second-order valence-electron chi connectivity index (χ2n) is 0.568. The lowest BCUT2D eigenvalue weighted by atomic mass is 11.7. The highest BCUT2D eigenvalue weighted by Crippen LogP contribution is 1.75. The van der Waals surface area contributed by atoms with Crippen molar-refractivity contribution < 1.29 is 4.43 Å². The number of hydrogen-bond acceptors (Lipinski definition) is 1. The van der Waals surface area contributed by atoms with E-state index in [2.05, 4.69) is 0 Å². The summed E-state index contributed by atoms with van der Waals surface area (Å²) in [5.74, 6) is 0. The molecule has 3 heteroatoms. The zero-order valence-corrected chi connectivity index (χ0v) is 4.12. The van der Waals surface area contributed by atoms with Crippen LogP contribution in [0.3, 0.4) is 0 Å². The molecule has 0 aromatic heterocycles. The fourth-order valence-corrected chi connectivity index (χ4v) is 0.650. The third kappa shape index (κ3) is 0.241. The van der Waals surface area contributed by atoms with Crippen molar-refractivity contribution in [1.29, 1.82) is 0 Å². The minimum Gasteiger partial charge on any atom is -0.426 e. The first-order valence-corrected chi connectivity index (χ1v) is 4.21. The Bertz CT molecular complexity index is 14.0. The van der Waals surface area contributed by atoms with Gasteiger partial charge in [-0.05, 0) is 0 Å². The molecule has 0 bridgehead atoms. The molecular weight excluding hydrogens is 84.2 g/mol. The monoisotopic (exact) mass is 86.0 g/mol. The maximum absolute atomic E-state index is 4.76. The van der Waals surface area contributed by atoms with E-state index in [0.717, 1.165) is 24.5 Å². The second-order valence-corrected chi connectivity index (χ2v) is 3.38. The van der Waals surface area contributed by atoms with Crippen LogP contribution in [-0.2, 0) is 4.43 Å². The fourth-order valence-electron chi connectivity index (χ4n) is 0.0722. The van der Waals surface area contributed by atoms with Crippen molar-refractivity contribution in [3.63, 3.8) is 0 Å². The van der Waals surface area contributed by atoms with Crippen molar-refractivity contribution in [3.05, 3.63) is 0 Å². The van der Waals surface area contributed by atoms with E-state index in [1.54, 1.807) is 0 Å². The summed E-state index contributed by atoms with van der Waals surface area (Å²) in [6, 6.07) is 0. The summed E-state index contributed by atoms with van der Waals surface area (Å²) in [5, 5.41) is 0. The zero-order valence-electron chi connectivity index (χ0n) is 2.12. The van der Waals surface area contributed by atoms with Gasteiger partial charge in [0.15, 0.2) is 0 Å². The summed E-state index contributed by atoms with van der Waals surface area (Å²) in [6.07, 6.45) is 1.04. The highest BCUT2D eigenvalue weighted by atomic mass is 29.2. The standard InChI is InChI=1S/CH2OSi2/c1-2-4-3-1/h1H2. The van der Waals surface area contributed by atoms with E-state index in [4.69, 9.17) is 4.43 Å². The molecule has 0 aliphatic carbocycles. The average molecular weight is 86.2 g/mol. The lowest BCUT2D eigenvalue weighted by Gasteiger charge is -2.05. The average Bonchev–Trinajstić information content (AvgIpc) is 0.722. The van der Waals surface area contributed by atoms with Crippen molar-refractivity contribution in [2.24, 2.45) is 0 Å². The molecule has 1 aliphatic heterocycles. The van der Waals surface area contributed by atoms with Gasteiger partial charge in [0.05, 0.1) is 9.04 Å². The molecule has 1 nitrogen and oxygen atoms in total. The van der Waals surface area contributed by atoms with Crippen molar-refractivity contribution in [2.45, 2.75) is 0 Å². The normalized spacial score (nSPS) is 24.0. The van der Waals surface area contributed by atoms with Crippen LogP contribution in [0.4, 0.5) is 0 Å². The Morgan fingerprint density at radius 2 is 2.00 bits per heavy atom. The van der Waals surface area contributed by atoms with Gasteiger partial charge in [0.1, 0.15) is 0 Å². The van der Waals surface area contributed by atoms with E-state index < -0.39 is 0 Å². The summed E-state index contributed by atoms with van der Waals surface area (Å²) >= 11 is 0. The summed E-state index contributed by atoms with van der Waals surface area (Å²) in [6.45, 7) is 0. The fraction of sp³-hybridized carbons (Fsp3) is 1.00. The lowest BCUT2D eigenvalue weighted by molar-refractivity contribution is 0.396. The first-order chi connectivity index (χ1) is 2.00. The quantitative estimate of drug-likeness (QED) is 0.351. The van der Waals surface area contributed by atoms with Crippen LogP contribution >= 0.6 is 0 Å². The molecule has 0 aromatic rings. The molecule has 0 N–H and O–H groups in total. The van der Waals surface area contributed by atoms with Crippen LogP contribution in [0.1, 0.15) is 0 Å². The molecule has 4 heavy (non-hydrogen) atoms. The minimum absolute atomic E-state index is 0.849. The Kier molecular flexibility index (Phi) is 0.660. The van der Waals surface area contributed by atoms with Gasteiger partial charge in [-0.15, -0.1) is 0 Å². The van der Waals surface area contributed by atoms with Gasteiger partial charge in [0.2, 0.25) is 9.28 Å². The van der Waals surface area contributed by atoms with Gasteiger partial charge in [-0.1, -0.05) is 0 Å². The maximum Gasteiger partial charge on any atom is 0.208 e. The van der Waals surface area contributed by atoms with Gasteiger partial charge < -0.3 is 4.43 Å². The number of hydrogen-bond donors (Lipinski definition) is 0. The highest BCUT2D eigenvalue weighted by Gasteiger charge is 2.00. The predicted octanol–water partition coefficient (Wildman–Crippen LogP) is -0.788. The van der Waals surface area contributed by atoms with Crippen molar-refractivity contribution >= 4 is 18.3 Å². The van der Waals surface area contributed by atoms with Crippen LogP contribution in [-0.4, -0.2) is 24.5 Å². The highest BCUT2D eigenvalue weighted by molar-refractivity contribution is 7.01. The van der Waals surface area contributed by atoms with Gasteiger partial charge in [-0.25, -0.2) is 0 Å². The SMILES string of the molecule is C1O[Si][Si]1. The van der Waals surface area contributed by atoms with Crippen LogP contribution in [0.15, 0.2) is 0 Å². The van der Waals surface area contributed by atoms with E-state index in [-0.39, 0.29) is 0 Å². The van der Waals surface area contributed by atoms with E-state index in [0.29, 0.717) is 0 Å². The van der Waals surface area contributed by atoms with Gasteiger partial charge >= 0.3 is 0 Å². The maximum atomic E-state index is 4.76. The zero-order chi connectivity index (χ0) is 2.83. The van der Waals surface area contributed by atoms with E-state index in [1.165, 1.54) is 0 Å². The Hall–Kier alpha value is 0.394. The van der Waals surface area contributed by atoms with Crippen molar-refractivity contribution in [1.82, 2.24) is 0 Å². The Morgan fingerprint density at radius 1 is 1.75 bits per heavy atom. The van der Waals surface area contributed by atoms with Crippen molar-refractivity contribution in [2.75, 3.05) is 6.23 Å². The van der Waals surface area contributed by atoms with Crippen LogP contribution in [0.5, 0.6) is 0 Å². The summed E-state index contributed by atoms with van der Waals surface area (Å²) in [4.78, 5) is 0. The molecule has 0 saturated carbocycles. The molecular formula is CH2OSi2. The molecule has 0 atom stereocenters. The molecule has 0 spiro atoms. The first kappa shape index (κ1) is 2.62. The lowest BCUT2D eigenvalue weighted by Crippen LogP contribution is -2.27. The Labute approximate surface area is 29.9 Å². The van der Waals surface area contributed by atoms with Gasteiger partial charge in [0.25, 0.3) is 0 Å². The molecule has 1 saturated heterocycles. The smallest absolute Gasteiger partial charge is 0.208 e. The first-order valence-electron chi connectivity index (χ1n) is 1.10. The van der Waals surface area contributed by atoms with Crippen LogP contribution < -0.4 is 0 Å². The van der Waals surface area contributed by atoms with Crippen molar-refractivity contribution in [3.8, 4) is 0 Å². The Morgan fingerprint density at radius 3 is 2.00 bits per heavy atom. The third-order valence-corrected chi connectivity index (χ3v) is 2.60. The predicted molar refractivity (Wildman–Crippen MR) is 17.5 cm³/mol. The van der Waals surface area contributed by atoms with Crippen LogP contribution in [0.2, 0.25) is 0 Å². The van der Waals surface area contributed by atoms with Gasteiger partial charge in [0, 0.05) is 6.23 Å². The molecule has 1 heterocycles. The van der Waals surface area contributed by atoms with E-state index >= 15 is 0 Å². The van der Waals surface area contributed by atoms with Crippen LogP contribution in [0, 0.1) is 0 Å². The molecule has 1 aliphatic rings. The molecule has 4 radical (unpaired) electrons. The van der Waals surface area contributed by atoms with Gasteiger partial charge in [-0.2, -0.15) is 0 Å². The number of rotatable bonds is 0. The third-order valence-electron chi connectivity index (χ3n) is 0.289. The summed E-state index contributed by atoms with van der Waals surface area (Å²) < 4.78 is 4.76. The molecule has 1 fully saturated rings. The minimum atomic E-state index is 0.849.